The molecule has 2 atom stereocenters. The van der Waals surface area contributed by atoms with Crippen LogP contribution in [0.3, 0.4) is 0 Å². The molecule has 0 spiro atoms. The molecular weight excluding hydrogens is 634 g/mol. The molecule has 0 aliphatic carbocycles. The average molecular weight is 671 g/mol. The Morgan fingerprint density at radius 3 is 1.28 bits per heavy atom. The number of hydrogen-bond donors (Lipinski definition) is 2. The summed E-state index contributed by atoms with van der Waals surface area (Å²) in [5.41, 5.74) is -1.08. The fourth-order valence-corrected chi connectivity index (χ4v) is 5.91. The van der Waals surface area contributed by atoms with Crippen LogP contribution in [0.15, 0.2) is 60.7 Å². The molecular formula is C32H36F5N2O6P. The van der Waals surface area contributed by atoms with E-state index in [9.17, 15) is 36.1 Å². The fraction of sp³-hybridized carbons (Fsp3) is 0.375. The molecule has 0 aliphatic rings. The third kappa shape index (κ3) is 10.4. The lowest BCUT2D eigenvalue weighted by Gasteiger charge is -2.31. The number of esters is 2. The second kappa shape index (κ2) is 14.7. The van der Waals surface area contributed by atoms with Gasteiger partial charge in [-0.1, -0.05) is 60.7 Å². The lowest BCUT2D eigenvalue weighted by molar-refractivity contribution is -0.157. The molecule has 8 nitrogen and oxygen atoms in total. The van der Waals surface area contributed by atoms with E-state index in [1.807, 2.05) is 0 Å². The highest BCUT2D eigenvalue weighted by atomic mass is 31.2. The normalized spacial score (nSPS) is 13.5. The standard InChI is InChI=1S/C32H36F5N2O6P/c1-31(2,3)43-29(40)21(17-19-13-9-7-10-14-19)38-46(42,45-28-26(36)24(34)23(33)25(35)27(28)37)39-22(30(41)44-32(4,5)6)18-20-15-11-8-12-16-20/h7-16,21-22H,17-18H2,1-6H3,(H2,38,39,42)/t21-,22-/m0/s1. The van der Waals surface area contributed by atoms with E-state index in [0.717, 1.165) is 0 Å². The molecule has 0 aliphatic heterocycles. The van der Waals surface area contributed by atoms with E-state index in [1.54, 1.807) is 102 Å². The van der Waals surface area contributed by atoms with Crippen LogP contribution < -0.4 is 14.7 Å². The predicted molar refractivity (Wildman–Crippen MR) is 160 cm³/mol. The van der Waals surface area contributed by atoms with Crippen molar-refractivity contribution in [3.05, 3.63) is 101 Å². The van der Waals surface area contributed by atoms with Crippen LogP contribution in [0.4, 0.5) is 22.0 Å². The minimum Gasteiger partial charge on any atom is -0.459 e. The molecule has 0 saturated heterocycles. The van der Waals surface area contributed by atoms with Gasteiger partial charge in [0.2, 0.25) is 34.8 Å². The van der Waals surface area contributed by atoms with Gasteiger partial charge in [-0.3, -0.25) is 9.59 Å². The summed E-state index contributed by atoms with van der Waals surface area (Å²) in [6.07, 6.45) is -0.449. The topological polar surface area (TPSA) is 103 Å². The predicted octanol–water partition coefficient (Wildman–Crippen LogP) is 6.95. The Morgan fingerprint density at radius 2 is 0.957 bits per heavy atom. The summed E-state index contributed by atoms with van der Waals surface area (Å²) in [7, 11) is -5.21. The van der Waals surface area contributed by atoms with Gasteiger partial charge in [-0.2, -0.15) is 8.78 Å². The zero-order valence-corrected chi connectivity index (χ0v) is 27.0. The van der Waals surface area contributed by atoms with Crippen LogP contribution in [0.5, 0.6) is 5.75 Å². The number of benzene rings is 3. The summed E-state index contributed by atoms with van der Waals surface area (Å²) in [4.78, 5) is 26.8. The Bertz CT molecular complexity index is 1470. The molecule has 0 radical (unpaired) electrons. The number of halogens is 5. The number of ether oxygens (including phenoxy) is 2. The summed E-state index contributed by atoms with van der Waals surface area (Å²) in [6, 6.07) is 13.4. The van der Waals surface area contributed by atoms with Crippen LogP contribution in [0.2, 0.25) is 0 Å². The lowest BCUT2D eigenvalue weighted by atomic mass is 10.1. The highest BCUT2D eigenvalue weighted by Gasteiger charge is 2.41. The van der Waals surface area contributed by atoms with Gasteiger partial charge >= 0.3 is 19.6 Å². The van der Waals surface area contributed by atoms with Gasteiger partial charge in [-0.25, -0.2) is 27.9 Å². The Kier molecular flexibility index (Phi) is 11.8. The van der Waals surface area contributed by atoms with Crippen LogP contribution in [-0.2, 0) is 36.5 Å². The largest absolute Gasteiger partial charge is 0.459 e. The van der Waals surface area contributed by atoms with E-state index in [0.29, 0.717) is 11.1 Å². The molecule has 3 aromatic rings. The lowest BCUT2D eigenvalue weighted by Crippen LogP contribution is -2.48. The summed E-state index contributed by atoms with van der Waals surface area (Å²) in [5.74, 6) is -15.9. The second-order valence-electron chi connectivity index (χ2n) is 12.4. The summed E-state index contributed by atoms with van der Waals surface area (Å²) in [6.45, 7) is 9.37. The van der Waals surface area contributed by atoms with Crippen LogP contribution in [0, 0.1) is 29.1 Å². The SMILES string of the molecule is CC(C)(C)OC(=O)[C@H](Cc1ccccc1)NP(=O)(N[C@@H](Cc1ccccc1)C(=O)OC(C)(C)C)Oc1c(F)c(F)c(F)c(F)c1F. The summed E-state index contributed by atoms with van der Waals surface area (Å²) in [5, 5.41) is 4.72. The molecule has 250 valence electrons. The first-order valence-electron chi connectivity index (χ1n) is 14.2. The first-order valence-corrected chi connectivity index (χ1v) is 15.8. The van der Waals surface area contributed by atoms with Crippen LogP contribution in [0.1, 0.15) is 52.7 Å². The Labute approximate surface area is 264 Å². The summed E-state index contributed by atoms with van der Waals surface area (Å²) < 4.78 is 103. The number of nitrogens with one attached hydrogen (secondary N) is 2. The van der Waals surface area contributed by atoms with Gasteiger partial charge in [0, 0.05) is 0 Å². The Morgan fingerprint density at radius 1 is 0.630 bits per heavy atom. The van der Waals surface area contributed by atoms with E-state index < -0.39 is 77.7 Å². The van der Waals surface area contributed by atoms with E-state index in [2.05, 4.69) is 10.2 Å². The van der Waals surface area contributed by atoms with Gasteiger partial charge in [0.1, 0.15) is 23.3 Å². The van der Waals surface area contributed by atoms with Gasteiger partial charge in [0.15, 0.2) is 0 Å². The second-order valence-corrected chi connectivity index (χ2v) is 14.2. The van der Waals surface area contributed by atoms with Crippen molar-refractivity contribution in [3.63, 3.8) is 0 Å². The molecule has 2 N–H and O–H groups in total. The van der Waals surface area contributed by atoms with Crippen molar-refractivity contribution in [2.75, 3.05) is 0 Å². The zero-order valence-electron chi connectivity index (χ0n) is 26.1. The van der Waals surface area contributed by atoms with Crippen molar-refractivity contribution in [1.29, 1.82) is 0 Å². The van der Waals surface area contributed by atoms with Crippen molar-refractivity contribution < 1.29 is 50.1 Å². The van der Waals surface area contributed by atoms with Crippen molar-refractivity contribution in [3.8, 4) is 5.75 Å². The zero-order chi connectivity index (χ0) is 34.4. The molecule has 0 bridgehead atoms. The van der Waals surface area contributed by atoms with Crippen molar-refractivity contribution >= 4 is 19.6 Å². The molecule has 0 unspecified atom stereocenters. The van der Waals surface area contributed by atoms with Gasteiger partial charge < -0.3 is 14.0 Å². The van der Waals surface area contributed by atoms with E-state index in [4.69, 9.17) is 14.0 Å². The first-order chi connectivity index (χ1) is 21.3. The molecule has 46 heavy (non-hydrogen) atoms. The molecule has 0 saturated carbocycles. The monoisotopic (exact) mass is 670 g/mol. The van der Waals surface area contributed by atoms with Crippen molar-refractivity contribution in [2.24, 2.45) is 0 Å². The maximum Gasteiger partial charge on any atom is 0.392 e. The molecule has 0 heterocycles. The average Bonchev–Trinajstić information content (AvgIpc) is 2.96. The quantitative estimate of drug-likeness (QED) is 0.0702. The summed E-state index contributed by atoms with van der Waals surface area (Å²) >= 11 is 0. The van der Waals surface area contributed by atoms with Crippen LogP contribution in [0.25, 0.3) is 0 Å². The minimum absolute atomic E-state index is 0.225. The highest BCUT2D eigenvalue weighted by Crippen LogP contribution is 2.44. The van der Waals surface area contributed by atoms with Crippen molar-refractivity contribution in [1.82, 2.24) is 10.2 Å². The molecule has 14 heteroatoms. The Hall–Kier alpha value is -3.80. The molecule has 0 aromatic heterocycles. The van der Waals surface area contributed by atoms with E-state index in [1.165, 1.54) is 0 Å². The van der Waals surface area contributed by atoms with E-state index >= 15 is 0 Å². The molecule has 3 aromatic carbocycles. The maximum absolute atomic E-state index is 14.9. The number of carbonyl (C=O) groups is 2. The van der Waals surface area contributed by atoms with Gasteiger partial charge in [0.05, 0.1) is 0 Å². The van der Waals surface area contributed by atoms with E-state index in [-0.39, 0.29) is 12.8 Å². The molecule has 0 amide bonds. The van der Waals surface area contributed by atoms with Crippen molar-refractivity contribution in [2.45, 2.75) is 77.7 Å². The first kappa shape index (κ1) is 36.7. The van der Waals surface area contributed by atoms with Crippen LogP contribution in [-0.4, -0.2) is 35.2 Å². The molecule has 0 fully saturated rings. The maximum atomic E-state index is 14.9. The third-order valence-corrected chi connectivity index (χ3v) is 7.73. The highest BCUT2D eigenvalue weighted by molar-refractivity contribution is 7.55. The number of carbonyl (C=O) groups excluding carboxylic acids is 2. The third-order valence-electron chi connectivity index (χ3n) is 5.99. The Balaban J connectivity index is 2.17. The minimum atomic E-state index is -5.21. The number of rotatable bonds is 12. The van der Waals surface area contributed by atoms with Crippen LogP contribution >= 0.6 is 7.67 Å². The van der Waals surface area contributed by atoms with Gasteiger partial charge in [-0.05, 0) is 65.5 Å². The van der Waals surface area contributed by atoms with Gasteiger partial charge in [-0.15, -0.1) is 0 Å². The fourth-order valence-electron chi connectivity index (χ4n) is 4.10. The number of hydrogen-bond acceptors (Lipinski definition) is 6. The smallest absolute Gasteiger partial charge is 0.392 e. The van der Waals surface area contributed by atoms with Gasteiger partial charge in [0.25, 0.3) is 0 Å². The molecule has 3 rings (SSSR count).